The molecule has 190 valence electrons. The molecule has 0 saturated heterocycles. The Morgan fingerprint density at radius 1 is 0.889 bits per heavy atom. The minimum Gasteiger partial charge on any atom is -0.336 e. The lowest BCUT2D eigenvalue weighted by atomic mass is 10.2. The highest BCUT2D eigenvalue weighted by Gasteiger charge is 2.31. The lowest BCUT2D eigenvalue weighted by Gasteiger charge is -2.24. The smallest absolute Gasteiger partial charge is 0.336 e. The Bertz CT molecular complexity index is 1270. The molecule has 0 aliphatic rings. The van der Waals surface area contributed by atoms with Crippen molar-refractivity contribution in [2.45, 2.75) is 6.18 Å². The van der Waals surface area contributed by atoms with Gasteiger partial charge >= 0.3 is 18.2 Å². The molecule has 0 aromatic heterocycles. The van der Waals surface area contributed by atoms with E-state index in [1.54, 1.807) is 0 Å². The molecule has 0 aliphatic carbocycles. The monoisotopic (exact) mass is 546 g/mol. The summed E-state index contributed by atoms with van der Waals surface area (Å²) in [5.41, 5.74) is -1.15. The van der Waals surface area contributed by atoms with E-state index in [9.17, 15) is 31.5 Å². The van der Waals surface area contributed by atoms with E-state index in [-0.39, 0.29) is 40.2 Å². The van der Waals surface area contributed by atoms with E-state index in [1.165, 1.54) is 24.3 Å². The third kappa shape index (κ3) is 7.22. The van der Waals surface area contributed by atoms with Crippen molar-refractivity contribution in [3.05, 3.63) is 87.9 Å². The van der Waals surface area contributed by atoms with E-state index in [2.05, 4.69) is 16.0 Å². The summed E-state index contributed by atoms with van der Waals surface area (Å²) in [7, 11) is 0. The van der Waals surface area contributed by atoms with Crippen molar-refractivity contribution in [3.8, 4) is 0 Å². The van der Waals surface area contributed by atoms with Crippen LogP contribution in [0, 0.1) is 11.6 Å². The number of hydrogen-bond acceptors (Lipinski definition) is 2. The van der Waals surface area contributed by atoms with Crippen LogP contribution in [-0.4, -0.2) is 25.2 Å². The highest BCUT2D eigenvalue weighted by atomic mass is 35.5. The maximum absolute atomic E-state index is 13.7. The van der Waals surface area contributed by atoms with Crippen LogP contribution in [0.2, 0.25) is 10.0 Å². The van der Waals surface area contributed by atoms with Crippen LogP contribution in [0.4, 0.5) is 48.6 Å². The van der Waals surface area contributed by atoms with Crippen molar-refractivity contribution in [3.63, 3.8) is 0 Å². The number of urea groups is 2. The number of carbonyl (C=O) groups excluding carboxylic acids is 2. The lowest BCUT2D eigenvalue weighted by Crippen LogP contribution is -2.42. The summed E-state index contributed by atoms with van der Waals surface area (Å²) in [6.07, 6.45) is -4.65. The quantitative estimate of drug-likeness (QED) is 0.287. The molecule has 0 fully saturated rings. The molecule has 0 saturated carbocycles. The molecular formula is C23H17Cl2F5N4O2. The highest BCUT2D eigenvalue weighted by Crippen LogP contribution is 2.32. The molecule has 0 unspecified atom stereocenters. The zero-order chi connectivity index (χ0) is 26.5. The molecule has 0 bridgehead atoms. The van der Waals surface area contributed by atoms with Crippen LogP contribution in [0.15, 0.2) is 60.7 Å². The van der Waals surface area contributed by atoms with Crippen LogP contribution in [0.5, 0.6) is 0 Å². The second kappa shape index (κ2) is 11.4. The van der Waals surface area contributed by atoms with Gasteiger partial charge in [0.1, 0.15) is 11.6 Å². The number of benzene rings is 3. The number of hydrogen-bond donors (Lipinski definition) is 3. The molecule has 3 aromatic carbocycles. The minimum atomic E-state index is -4.65. The molecule has 36 heavy (non-hydrogen) atoms. The molecular weight excluding hydrogens is 530 g/mol. The predicted molar refractivity (Wildman–Crippen MR) is 128 cm³/mol. The van der Waals surface area contributed by atoms with Gasteiger partial charge in [0.05, 0.1) is 21.3 Å². The Morgan fingerprint density at radius 3 is 2.31 bits per heavy atom. The Labute approximate surface area is 212 Å². The van der Waals surface area contributed by atoms with Crippen LogP contribution in [0.25, 0.3) is 0 Å². The second-order valence-electron chi connectivity index (χ2n) is 7.26. The van der Waals surface area contributed by atoms with Gasteiger partial charge in [0.15, 0.2) is 0 Å². The average molecular weight is 547 g/mol. The van der Waals surface area contributed by atoms with Gasteiger partial charge in [-0.15, -0.1) is 0 Å². The number of nitrogens with one attached hydrogen (secondary N) is 3. The molecule has 0 heterocycles. The summed E-state index contributed by atoms with van der Waals surface area (Å²) in [6, 6.07) is 9.12. The fourth-order valence-corrected chi connectivity index (χ4v) is 3.30. The molecule has 0 aliphatic heterocycles. The summed E-state index contributed by atoms with van der Waals surface area (Å²) in [5, 5.41) is 7.42. The SMILES string of the molecule is O=C(NCCN(C(=O)Nc1ccc(Cl)c(Cl)c1)c1cccc(C(F)(F)F)c1)Nc1ccc(F)cc1F. The van der Waals surface area contributed by atoms with Crippen LogP contribution in [0.3, 0.4) is 0 Å². The topological polar surface area (TPSA) is 73.5 Å². The first-order valence-electron chi connectivity index (χ1n) is 10.1. The van der Waals surface area contributed by atoms with Gasteiger partial charge in [0.25, 0.3) is 0 Å². The van der Waals surface area contributed by atoms with Gasteiger partial charge in [-0.3, -0.25) is 4.90 Å². The largest absolute Gasteiger partial charge is 0.416 e. The number of rotatable bonds is 6. The first-order chi connectivity index (χ1) is 16.9. The van der Waals surface area contributed by atoms with E-state index in [0.717, 1.165) is 35.2 Å². The number of halogens is 7. The first-order valence-corrected chi connectivity index (χ1v) is 10.9. The fourth-order valence-electron chi connectivity index (χ4n) is 3.00. The highest BCUT2D eigenvalue weighted by molar-refractivity contribution is 6.42. The van der Waals surface area contributed by atoms with Gasteiger partial charge in [-0.05, 0) is 48.5 Å². The fraction of sp³-hybridized carbons (Fsp3) is 0.130. The average Bonchev–Trinajstić information content (AvgIpc) is 2.80. The van der Waals surface area contributed by atoms with Gasteiger partial charge in [0.2, 0.25) is 0 Å². The van der Waals surface area contributed by atoms with Crippen LogP contribution in [0.1, 0.15) is 5.56 Å². The summed E-state index contributed by atoms with van der Waals surface area (Å²) < 4.78 is 66.4. The van der Waals surface area contributed by atoms with Crippen molar-refractivity contribution < 1.29 is 31.5 Å². The third-order valence-electron chi connectivity index (χ3n) is 4.70. The molecule has 6 nitrogen and oxygen atoms in total. The number of anilines is 3. The lowest BCUT2D eigenvalue weighted by molar-refractivity contribution is -0.137. The van der Waals surface area contributed by atoms with Crippen molar-refractivity contribution in [1.29, 1.82) is 0 Å². The summed E-state index contributed by atoms with van der Waals surface area (Å²) in [4.78, 5) is 26.0. The maximum Gasteiger partial charge on any atom is 0.416 e. The summed E-state index contributed by atoms with van der Waals surface area (Å²) in [5.74, 6) is -1.83. The van der Waals surface area contributed by atoms with Crippen LogP contribution in [-0.2, 0) is 6.18 Å². The number of amides is 4. The second-order valence-corrected chi connectivity index (χ2v) is 8.08. The van der Waals surface area contributed by atoms with E-state index in [1.807, 2.05) is 0 Å². The molecule has 0 spiro atoms. The van der Waals surface area contributed by atoms with E-state index in [0.29, 0.717) is 6.07 Å². The van der Waals surface area contributed by atoms with Gasteiger partial charge in [0, 0.05) is 30.5 Å². The van der Waals surface area contributed by atoms with E-state index < -0.39 is 35.4 Å². The number of carbonyl (C=O) groups is 2. The Balaban J connectivity index is 1.75. The molecule has 3 rings (SSSR count). The number of nitrogens with zero attached hydrogens (tertiary/aromatic N) is 1. The van der Waals surface area contributed by atoms with E-state index >= 15 is 0 Å². The Hall–Kier alpha value is -3.57. The molecule has 4 amide bonds. The van der Waals surface area contributed by atoms with Crippen molar-refractivity contribution in [1.82, 2.24) is 5.32 Å². The molecule has 0 atom stereocenters. The van der Waals surface area contributed by atoms with Crippen LogP contribution < -0.4 is 20.9 Å². The third-order valence-corrected chi connectivity index (χ3v) is 5.44. The molecule has 3 N–H and O–H groups in total. The van der Waals surface area contributed by atoms with Gasteiger partial charge in [-0.1, -0.05) is 29.3 Å². The van der Waals surface area contributed by atoms with Gasteiger partial charge in [-0.2, -0.15) is 13.2 Å². The normalized spacial score (nSPS) is 11.1. The van der Waals surface area contributed by atoms with E-state index in [4.69, 9.17) is 23.2 Å². The Kier molecular flexibility index (Phi) is 8.59. The molecule has 3 aromatic rings. The molecule has 0 radical (unpaired) electrons. The standard InChI is InChI=1S/C23H17Cl2F5N4O2/c24-17-6-5-15(12-18(17)25)32-22(36)34(16-3-1-2-13(10-16)23(28,29)30)9-8-31-21(35)33-20-7-4-14(26)11-19(20)27/h1-7,10-12H,8-9H2,(H,32,36)(H2,31,33,35). The summed E-state index contributed by atoms with van der Waals surface area (Å²) >= 11 is 11.8. The van der Waals surface area contributed by atoms with Crippen LogP contribution >= 0.6 is 23.2 Å². The molecule has 13 heteroatoms. The van der Waals surface area contributed by atoms with Gasteiger partial charge < -0.3 is 16.0 Å². The Morgan fingerprint density at radius 2 is 1.64 bits per heavy atom. The minimum absolute atomic E-state index is 0.103. The predicted octanol–water partition coefficient (Wildman–Crippen LogP) is 7.15. The van der Waals surface area contributed by atoms with Crippen molar-refractivity contribution >= 4 is 52.3 Å². The van der Waals surface area contributed by atoms with Crippen molar-refractivity contribution in [2.75, 3.05) is 28.6 Å². The zero-order valence-electron chi connectivity index (χ0n) is 18.1. The number of alkyl halides is 3. The summed E-state index contributed by atoms with van der Waals surface area (Å²) in [6.45, 7) is -0.506. The van der Waals surface area contributed by atoms with Gasteiger partial charge in [-0.25, -0.2) is 18.4 Å². The van der Waals surface area contributed by atoms with Crippen molar-refractivity contribution in [2.24, 2.45) is 0 Å². The first kappa shape index (κ1) is 27.0. The maximum atomic E-state index is 13.7. The zero-order valence-corrected chi connectivity index (χ0v) is 19.6.